The highest BCUT2D eigenvalue weighted by atomic mass is 16.7. The number of hydrogen-bond acceptors (Lipinski definition) is 4. The predicted molar refractivity (Wildman–Crippen MR) is 74.8 cm³/mol. The van der Waals surface area contributed by atoms with Crippen molar-refractivity contribution in [2.24, 2.45) is 0 Å². The lowest BCUT2D eigenvalue weighted by Crippen LogP contribution is -2.09. The van der Waals surface area contributed by atoms with Crippen molar-refractivity contribution in [3.8, 4) is 0 Å². The Balaban J connectivity index is 1.80. The van der Waals surface area contributed by atoms with Gasteiger partial charge in [-0.2, -0.15) is 0 Å². The minimum Gasteiger partial charge on any atom is -0.463 e. The summed E-state index contributed by atoms with van der Waals surface area (Å²) < 4.78 is 15.9. The average Bonchev–Trinajstić information content (AvgIpc) is 2.92. The van der Waals surface area contributed by atoms with E-state index in [0.717, 1.165) is 11.1 Å². The first-order chi connectivity index (χ1) is 9.78. The van der Waals surface area contributed by atoms with E-state index in [4.69, 9.17) is 14.2 Å². The van der Waals surface area contributed by atoms with Crippen LogP contribution in [-0.2, 0) is 25.6 Å². The molecule has 0 N–H and O–H groups in total. The van der Waals surface area contributed by atoms with Gasteiger partial charge in [-0.3, -0.25) is 0 Å². The molecule has 0 amide bonds. The van der Waals surface area contributed by atoms with Crippen LogP contribution < -0.4 is 0 Å². The van der Waals surface area contributed by atoms with E-state index >= 15 is 0 Å². The summed E-state index contributed by atoms with van der Waals surface area (Å²) in [7, 11) is 0. The van der Waals surface area contributed by atoms with E-state index in [1.807, 2.05) is 36.4 Å². The summed E-state index contributed by atoms with van der Waals surface area (Å²) in [6, 6.07) is 9.91. The summed E-state index contributed by atoms with van der Waals surface area (Å²) in [5.74, 6) is -0.345. The van der Waals surface area contributed by atoms with E-state index in [2.05, 4.69) is 0 Å². The summed E-state index contributed by atoms with van der Waals surface area (Å²) in [4.78, 5) is 11.2. The zero-order valence-corrected chi connectivity index (χ0v) is 11.5. The van der Waals surface area contributed by atoms with Crippen LogP contribution in [0.15, 0.2) is 54.1 Å². The molecule has 2 rings (SSSR count). The van der Waals surface area contributed by atoms with E-state index in [9.17, 15) is 4.79 Å². The van der Waals surface area contributed by atoms with Crippen LogP contribution in [0.5, 0.6) is 0 Å². The fraction of sp³-hybridized carbons (Fsp3) is 0.312. The zero-order chi connectivity index (χ0) is 14.2. The molecule has 0 saturated heterocycles. The van der Waals surface area contributed by atoms with E-state index in [1.165, 1.54) is 6.08 Å². The lowest BCUT2D eigenvalue weighted by Gasteiger charge is -2.09. The monoisotopic (exact) mass is 274 g/mol. The van der Waals surface area contributed by atoms with Crippen molar-refractivity contribution in [1.82, 2.24) is 0 Å². The molecule has 1 atom stereocenters. The molecular weight excluding hydrogens is 256 g/mol. The largest absolute Gasteiger partial charge is 0.463 e. The maximum atomic E-state index is 11.2. The van der Waals surface area contributed by atoms with Crippen molar-refractivity contribution in [2.45, 2.75) is 19.8 Å². The van der Waals surface area contributed by atoms with Gasteiger partial charge in [0.05, 0.1) is 19.8 Å². The molecule has 0 spiro atoms. The Bertz CT molecular complexity index is 490. The van der Waals surface area contributed by atoms with E-state index in [0.29, 0.717) is 19.8 Å². The van der Waals surface area contributed by atoms with Crippen molar-refractivity contribution in [1.29, 1.82) is 0 Å². The van der Waals surface area contributed by atoms with Crippen molar-refractivity contribution in [2.75, 3.05) is 13.2 Å². The van der Waals surface area contributed by atoms with Gasteiger partial charge >= 0.3 is 5.97 Å². The molecule has 1 heterocycles. The van der Waals surface area contributed by atoms with Gasteiger partial charge in [0.15, 0.2) is 6.29 Å². The van der Waals surface area contributed by atoms with Gasteiger partial charge in [0.1, 0.15) is 0 Å². The fourth-order valence-corrected chi connectivity index (χ4v) is 1.77. The maximum absolute atomic E-state index is 11.2. The predicted octanol–water partition coefficient (Wildman–Crippen LogP) is 2.61. The van der Waals surface area contributed by atoms with Gasteiger partial charge < -0.3 is 14.2 Å². The molecular formula is C16H18O4. The van der Waals surface area contributed by atoms with Crippen molar-refractivity contribution in [3.63, 3.8) is 0 Å². The molecule has 20 heavy (non-hydrogen) atoms. The lowest BCUT2D eigenvalue weighted by atomic mass is 10.2. The Kier molecular flexibility index (Phi) is 5.53. The normalized spacial score (nSPS) is 18.2. The summed E-state index contributed by atoms with van der Waals surface area (Å²) in [5, 5.41) is 0. The van der Waals surface area contributed by atoms with Crippen LogP contribution in [0, 0.1) is 0 Å². The Morgan fingerprint density at radius 3 is 2.95 bits per heavy atom. The van der Waals surface area contributed by atoms with E-state index < -0.39 is 0 Å². The Labute approximate surface area is 118 Å². The molecule has 4 heteroatoms. The third-order valence-electron chi connectivity index (χ3n) is 2.74. The van der Waals surface area contributed by atoms with Gasteiger partial charge in [0.2, 0.25) is 0 Å². The van der Waals surface area contributed by atoms with Crippen LogP contribution in [0.2, 0.25) is 0 Å². The molecule has 0 aliphatic carbocycles. The van der Waals surface area contributed by atoms with Crippen molar-refractivity contribution < 1.29 is 19.0 Å². The molecule has 1 aliphatic heterocycles. The van der Waals surface area contributed by atoms with Gasteiger partial charge in [0.25, 0.3) is 0 Å². The van der Waals surface area contributed by atoms with Crippen molar-refractivity contribution >= 4 is 5.97 Å². The van der Waals surface area contributed by atoms with Gasteiger partial charge in [-0.05, 0) is 30.2 Å². The third-order valence-corrected chi connectivity index (χ3v) is 2.74. The van der Waals surface area contributed by atoms with Crippen LogP contribution in [0.1, 0.15) is 12.5 Å². The lowest BCUT2D eigenvalue weighted by molar-refractivity contribution is -0.137. The van der Waals surface area contributed by atoms with Gasteiger partial charge in [-0.1, -0.05) is 30.3 Å². The summed E-state index contributed by atoms with van der Waals surface area (Å²) >= 11 is 0. The Hall–Kier alpha value is -1.91. The Morgan fingerprint density at radius 2 is 2.20 bits per heavy atom. The Morgan fingerprint density at radius 1 is 1.40 bits per heavy atom. The smallest absolute Gasteiger partial charge is 0.330 e. The second kappa shape index (κ2) is 7.62. The average molecular weight is 274 g/mol. The number of ether oxygens (including phenoxy) is 3. The fourth-order valence-electron chi connectivity index (χ4n) is 1.77. The van der Waals surface area contributed by atoms with Crippen molar-refractivity contribution in [3.05, 3.63) is 59.7 Å². The second-order valence-corrected chi connectivity index (χ2v) is 4.30. The molecule has 0 saturated carbocycles. The first kappa shape index (κ1) is 14.5. The minimum atomic E-state index is -0.364. The number of carbonyl (C=O) groups excluding carboxylic acids is 1. The molecule has 0 aromatic heterocycles. The van der Waals surface area contributed by atoms with E-state index in [1.54, 1.807) is 13.0 Å². The zero-order valence-electron chi connectivity index (χ0n) is 11.5. The SMILES string of the molecule is CCOC(=O)/C=C/C1=C[C@@H](OCc2ccccc2)OC1. The first-order valence-electron chi connectivity index (χ1n) is 6.60. The second-order valence-electron chi connectivity index (χ2n) is 4.30. The van der Waals surface area contributed by atoms with Gasteiger partial charge in [0, 0.05) is 6.08 Å². The first-order valence-corrected chi connectivity index (χ1v) is 6.60. The molecule has 106 valence electrons. The molecule has 1 aliphatic rings. The standard InChI is InChI=1S/C16H18O4/c1-2-18-15(17)9-8-14-10-16(20-12-14)19-11-13-6-4-3-5-7-13/h3-10,16H,2,11-12H2,1H3/b9-8+/t16-/m0/s1. The van der Waals surface area contributed by atoms with Gasteiger partial charge in [-0.15, -0.1) is 0 Å². The molecule has 4 nitrogen and oxygen atoms in total. The molecule has 0 fully saturated rings. The molecule has 0 bridgehead atoms. The van der Waals surface area contributed by atoms with E-state index in [-0.39, 0.29) is 12.3 Å². The van der Waals surface area contributed by atoms with Crippen LogP contribution in [0.4, 0.5) is 0 Å². The third kappa shape index (κ3) is 4.64. The quantitative estimate of drug-likeness (QED) is 0.591. The number of benzene rings is 1. The number of esters is 1. The summed E-state index contributed by atoms with van der Waals surface area (Å²) in [6.07, 6.45) is 4.60. The topological polar surface area (TPSA) is 44.8 Å². The number of hydrogen-bond donors (Lipinski definition) is 0. The van der Waals surface area contributed by atoms with Crippen LogP contribution in [0.25, 0.3) is 0 Å². The highest BCUT2D eigenvalue weighted by molar-refractivity contribution is 5.82. The maximum Gasteiger partial charge on any atom is 0.330 e. The summed E-state index contributed by atoms with van der Waals surface area (Å²) in [6.45, 7) is 3.09. The van der Waals surface area contributed by atoms with Crippen LogP contribution in [-0.4, -0.2) is 25.5 Å². The van der Waals surface area contributed by atoms with Gasteiger partial charge in [-0.25, -0.2) is 4.79 Å². The molecule has 0 radical (unpaired) electrons. The molecule has 0 unspecified atom stereocenters. The minimum absolute atomic E-state index is 0.345. The molecule has 1 aromatic rings. The number of carbonyl (C=O) groups is 1. The molecule has 1 aromatic carbocycles. The highest BCUT2D eigenvalue weighted by Gasteiger charge is 2.15. The summed E-state index contributed by atoms with van der Waals surface area (Å²) in [5.41, 5.74) is 2.01. The van der Waals surface area contributed by atoms with Crippen LogP contribution >= 0.6 is 0 Å². The van der Waals surface area contributed by atoms with Crippen LogP contribution in [0.3, 0.4) is 0 Å². The highest BCUT2D eigenvalue weighted by Crippen LogP contribution is 2.15. The number of rotatable bonds is 6.